The van der Waals surface area contributed by atoms with Crippen molar-refractivity contribution in [3.63, 3.8) is 0 Å². The van der Waals surface area contributed by atoms with Crippen LogP contribution in [0.5, 0.6) is 0 Å². The summed E-state index contributed by atoms with van der Waals surface area (Å²) in [5, 5.41) is 14.2. The first-order valence-electron chi connectivity index (χ1n) is 7.42. The monoisotopic (exact) mass is 345 g/mol. The average molecular weight is 345 g/mol. The van der Waals surface area contributed by atoms with Gasteiger partial charge in [-0.15, -0.1) is 0 Å². The molecule has 1 heterocycles. The molecule has 0 unspecified atom stereocenters. The number of H-pyrrole nitrogens is 1. The minimum absolute atomic E-state index is 0.0496. The number of nitrogens with two attached hydrogens (primary N) is 2. The van der Waals surface area contributed by atoms with Crippen molar-refractivity contribution in [2.24, 2.45) is 5.73 Å². The van der Waals surface area contributed by atoms with Crippen LogP contribution in [0.15, 0.2) is 24.3 Å². The predicted molar refractivity (Wildman–Crippen MR) is 93.0 cm³/mol. The van der Waals surface area contributed by atoms with Gasteiger partial charge in [-0.25, -0.2) is 4.79 Å². The molecule has 2 rings (SSSR count). The minimum Gasteiger partial charge on any atom is -0.395 e. The van der Waals surface area contributed by atoms with Crippen molar-refractivity contribution in [2.75, 3.05) is 22.9 Å². The Balaban J connectivity index is 1.96. The molecule has 8 N–H and O–H groups in total. The highest BCUT2D eigenvalue weighted by Gasteiger charge is 2.15. The highest BCUT2D eigenvalue weighted by molar-refractivity contribution is 6.06. The molecule has 1 aromatic heterocycles. The van der Waals surface area contributed by atoms with Crippen LogP contribution in [0, 0.1) is 6.92 Å². The molecule has 0 aliphatic carbocycles. The molecule has 0 saturated heterocycles. The number of rotatable bonds is 6. The lowest BCUT2D eigenvalue weighted by molar-refractivity contribution is -0.117. The van der Waals surface area contributed by atoms with Gasteiger partial charge in [-0.1, -0.05) is 6.07 Å². The van der Waals surface area contributed by atoms with Gasteiger partial charge in [0, 0.05) is 24.3 Å². The summed E-state index contributed by atoms with van der Waals surface area (Å²) in [7, 11) is 0. The number of anilines is 3. The number of nitrogens with zero attached hydrogens (tertiary/aromatic N) is 1. The van der Waals surface area contributed by atoms with Gasteiger partial charge in [-0.3, -0.25) is 14.7 Å². The van der Waals surface area contributed by atoms with Gasteiger partial charge in [0.05, 0.1) is 11.4 Å². The summed E-state index contributed by atoms with van der Waals surface area (Å²) in [5.74, 6) is -0.970. The number of aromatic nitrogens is 2. The summed E-state index contributed by atoms with van der Waals surface area (Å²) in [5.41, 5.74) is 12.7. The average Bonchev–Trinajstić information content (AvgIpc) is 2.87. The second-order valence-electron chi connectivity index (χ2n) is 5.24. The maximum atomic E-state index is 12.2. The number of hydrogen-bond acceptors (Lipinski definition) is 5. The number of carbonyl (C=O) groups excluding carboxylic acids is 3. The maximum absolute atomic E-state index is 12.2. The lowest BCUT2D eigenvalue weighted by Crippen LogP contribution is -2.31. The van der Waals surface area contributed by atoms with E-state index in [1.807, 2.05) is 0 Å². The Bertz CT molecular complexity index is 800. The number of nitrogen functional groups attached to an aromatic ring is 1. The van der Waals surface area contributed by atoms with Crippen molar-refractivity contribution in [1.82, 2.24) is 15.5 Å². The van der Waals surface area contributed by atoms with Crippen LogP contribution in [-0.2, 0) is 4.79 Å². The normalized spacial score (nSPS) is 10.1. The van der Waals surface area contributed by atoms with Crippen LogP contribution in [0.3, 0.4) is 0 Å². The molecule has 0 saturated carbocycles. The largest absolute Gasteiger partial charge is 0.395 e. The van der Waals surface area contributed by atoms with E-state index in [-0.39, 0.29) is 24.3 Å². The van der Waals surface area contributed by atoms with Crippen LogP contribution < -0.4 is 27.4 Å². The number of hydrogen-bond donors (Lipinski definition) is 6. The van der Waals surface area contributed by atoms with E-state index in [1.165, 1.54) is 0 Å². The highest BCUT2D eigenvalue weighted by atomic mass is 16.2. The summed E-state index contributed by atoms with van der Waals surface area (Å²) in [6.07, 6.45) is 0.0496. The van der Waals surface area contributed by atoms with Gasteiger partial charge in [0.15, 0.2) is 5.69 Å². The zero-order valence-electron chi connectivity index (χ0n) is 13.6. The molecular formula is C15H19N7O3. The molecule has 0 bridgehead atoms. The second-order valence-corrected chi connectivity index (χ2v) is 5.24. The van der Waals surface area contributed by atoms with Crippen LogP contribution in [0.25, 0.3) is 0 Å². The van der Waals surface area contributed by atoms with Gasteiger partial charge in [-0.2, -0.15) is 5.10 Å². The number of benzene rings is 1. The fourth-order valence-corrected chi connectivity index (χ4v) is 1.95. The van der Waals surface area contributed by atoms with E-state index < -0.39 is 17.8 Å². The molecule has 0 fully saturated rings. The molecule has 25 heavy (non-hydrogen) atoms. The van der Waals surface area contributed by atoms with Crippen molar-refractivity contribution >= 4 is 34.9 Å². The lowest BCUT2D eigenvalue weighted by atomic mass is 10.2. The van der Waals surface area contributed by atoms with Crippen molar-refractivity contribution in [1.29, 1.82) is 0 Å². The van der Waals surface area contributed by atoms with E-state index in [1.54, 1.807) is 31.2 Å². The number of aromatic amines is 1. The van der Waals surface area contributed by atoms with E-state index >= 15 is 0 Å². The van der Waals surface area contributed by atoms with Crippen LogP contribution in [0.1, 0.15) is 22.6 Å². The first kappa shape index (κ1) is 17.8. The molecular weight excluding hydrogens is 326 g/mol. The third-order valence-corrected chi connectivity index (χ3v) is 3.24. The molecule has 1 aromatic carbocycles. The van der Waals surface area contributed by atoms with Crippen molar-refractivity contribution in [3.05, 3.63) is 35.7 Å². The third kappa shape index (κ3) is 4.96. The molecule has 132 valence electrons. The van der Waals surface area contributed by atoms with E-state index in [9.17, 15) is 14.4 Å². The third-order valence-electron chi connectivity index (χ3n) is 3.24. The zero-order chi connectivity index (χ0) is 18.4. The van der Waals surface area contributed by atoms with Crippen molar-refractivity contribution in [2.45, 2.75) is 13.3 Å². The fraction of sp³-hybridized carbons (Fsp3) is 0.200. The second kappa shape index (κ2) is 7.81. The number of amides is 4. The molecule has 2 aromatic rings. The first-order valence-corrected chi connectivity index (χ1v) is 7.42. The number of primary amides is 1. The number of aryl methyl sites for hydroxylation is 1. The molecule has 0 aliphatic heterocycles. The van der Waals surface area contributed by atoms with Gasteiger partial charge in [0.25, 0.3) is 5.91 Å². The summed E-state index contributed by atoms with van der Waals surface area (Å²) < 4.78 is 0. The standard InChI is InChI=1S/C15H19N7O3/c1-8-12(17)13(22-21-8)14(24)19-9-3-2-4-10(7-9)20-15(25)18-6-5-11(16)23/h2-4,7H,5-6,17H2,1H3,(H2,16,23)(H,19,24)(H,21,22)(H2,18,20,25). The van der Waals surface area contributed by atoms with Crippen LogP contribution in [-0.4, -0.2) is 34.6 Å². The summed E-state index contributed by atoms with van der Waals surface area (Å²) >= 11 is 0. The SMILES string of the molecule is Cc1[nH]nc(C(=O)Nc2cccc(NC(=O)NCCC(N)=O)c2)c1N. The molecule has 0 radical (unpaired) electrons. The van der Waals surface area contributed by atoms with Gasteiger partial charge in [0.1, 0.15) is 0 Å². The molecule has 0 aliphatic rings. The predicted octanol–water partition coefficient (Wildman–Crippen LogP) is 0.550. The number of carbonyl (C=O) groups is 3. The zero-order valence-corrected chi connectivity index (χ0v) is 13.6. The lowest BCUT2D eigenvalue weighted by Gasteiger charge is -2.09. The molecule has 0 atom stereocenters. The number of urea groups is 1. The molecule has 10 nitrogen and oxygen atoms in total. The van der Waals surface area contributed by atoms with Crippen molar-refractivity contribution < 1.29 is 14.4 Å². The van der Waals surface area contributed by atoms with E-state index in [0.29, 0.717) is 17.1 Å². The first-order chi connectivity index (χ1) is 11.9. The summed E-state index contributed by atoms with van der Waals surface area (Å²) in [6, 6.07) is 6.05. The van der Waals surface area contributed by atoms with Crippen LogP contribution in [0.4, 0.5) is 21.9 Å². The van der Waals surface area contributed by atoms with Crippen LogP contribution in [0.2, 0.25) is 0 Å². The maximum Gasteiger partial charge on any atom is 0.319 e. The highest BCUT2D eigenvalue weighted by Crippen LogP contribution is 2.18. The minimum atomic E-state index is -0.502. The van der Waals surface area contributed by atoms with Gasteiger partial charge >= 0.3 is 6.03 Å². The Kier molecular flexibility index (Phi) is 5.56. The van der Waals surface area contributed by atoms with Crippen molar-refractivity contribution in [3.8, 4) is 0 Å². The Hall–Kier alpha value is -3.56. The molecule has 4 amide bonds. The Labute approximate surface area is 143 Å². The molecule has 0 spiro atoms. The molecule has 10 heteroatoms. The summed E-state index contributed by atoms with van der Waals surface area (Å²) in [6.45, 7) is 1.84. The Morgan fingerprint density at radius 3 is 2.48 bits per heavy atom. The van der Waals surface area contributed by atoms with Crippen LogP contribution >= 0.6 is 0 Å². The quantitative estimate of drug-likeness (QED) is 0.448. The van der Waals surface area contributed by atoms with E-state index in [4.69, 9.17) is 11.5 Å². The van der Waals surface area contributed by atoms with Gasteiger partial charge in [-0.05, 0) is 25.1 Å². The van der Waals surface area contributed by atoms with Gasteiger partial charge < -0.3 is 27.4 Å². The number of nitrogens with one attached hydrogen (secondary N) is 4. The fourth-order valence-electron chi connectivity index (χ4n) is 1.95. The van der Waals surface area contributed by atoms with Gasteiger partial charge in [0.2, 0.25) is 5.91 Å². The summed E-state index contributed by atoms with van der Waals surface area (Å²) in [4.78, 5) is 34.5. The smallest absolute Gasteiger partial charge is 0.319 e. The Morgan fingerprint density at radius 2 is 1.88 bits per heavy atom. The van der Waals surface area contributed by atoms with E-state index in [2.05, 4.69) is 26.1 Å². The van der Waals surface area contributed by atoms with E-state index in [0.717, 1.165) is 0 Å². The Morgan fingerprint density at radius 1 is 1.20 bits per heavy atom. The topological polar surface area (TPSA) is 168 Å².